The summed E-state index contributed by atoms with van der Waals surface area (Å²) in [6.45, 7) is 8.62. The standard InChI is InChI=1S/C12H21N3O/c1-8(14-12(2,3)4)7-10-13-11(15-16-10)9-5-6-9/h8-9,14H,5-7H2,1-4H3/t8-/m1/s1. The van der Waals surface area contributed by atoms with Crippen molar-refractivity contribution in [3.05, 3.63) is 11.7 Å². The molecule has 4 heteroatoms. The van der Waals surface area contributed by atoms with Gasteiger partial charge in [0.1, 0.15) is 0 Å². The maximum Gasteiger partial charge on any atom is 0.228 e. The Bertz CT molecular complexity index is 349. The molecular weight excluding hydrogens is 202 g/mol. The van der Waals surface area contributed by atoms with E-state index in [2.05, 4.69) is 43.2 Å². The zero-order valence-electron chi connectivity index (χ0n) is 10.6. The first-order valence-electron chi connectivity index (χ1n) is 6.04. The number of hydrogen-bond donors (Lipinski definition) is 1. The van der Waals surface area contributed by atoms with Crippen LogP contribution in [0.2, 0.25) is 0 Å². The molecule has 0 aliphatic heterocycles. The van der Waals surface area contributed by atoms with Crippen molar-refractivity contribution in [1.82, 2.24) is 15.5 Å². The lowest BCUT2D eigenvalue weighted by atomic mass is 10.1. The van der Waals surface area contributed by atoms with Crippen LogP contribution in [0.3, 0.4) is 0 Å². The van der Waals surface area contributed by atoms with Gasteiger partial charge in [-0.2, -0.15) is 4.98 Å². The molecule has 0 saturated heterocycles. The summed E-state index contributed by atoms with van der Waals surface area (Å²) in [5.74, 6) is 2.23. The lowest BCUT2D eigenvalue weighted by Gasteiger charge is -2.25. The summed E-state index contributed by atoms with van der Waals surface area (Å²) in [5.41, 5.74) is 0.124. The monoisotopic (exact) mass is 223 g/mol. The zero-order chi connectivity index (χ0) is 11.8. The molecule has 0 bridgehead atoms. The minimum atomic E-state index is 0.124. The summed E-state index contributed by atoms with van der Waals surface area (Å²) in [5, 5.41) is 7.51. The Hall–Kier alpha value is -0.900. The molecule has 4 nitrogen and oxygen atoms in total. The minimum Gasteiger partial charge on any atom is -0.339 e. The van der Waals surface area contributed by atoms with E-state index < -0.39 is 0 Å². The number of nitrogens with zero attached hydrogens (tertiary/aromatic N) is 2. The molecule has 0 radical (unpaired) electrons. The van der Waals surface area contributed by atoms with Crippen molar-refractivity contribution in [3.63, 3.8) is 0 Å². The maximum atomic E-state index is 5.25. The van der Waals surface area contributed by atoms with Crippen LogP contribution >= 0.6 is 0 Å². The fraction of sp³-hybridized carbons (Fsp3) is 0.833. The number of aromatic nitrogens is 2. The molecule has 0 amide bonds. The summed E-state index contributed by atoms with van der Waals surface area (Å²) in [6.07, 6.45) is 3.24. The predicted molar refractivity (Wildman–Crippen MR) is 62.3 cm³/mol. The summed E-state index contributed by atoms with van der Waals surface area (Å²) >= 11 is 0. The van der Waals surface area contributed by atoms with Gasteiger partial charge in [-0.25, -0.2) is 0 Å². The van der Waals surface area contributed by atoms with E-state index in [9.17, 15) is 0 Å². The van der Waals surface area contributed by atoms with Crippen molar-refractivity contribution in [2.24, 2.45) is 0 Å². The highest BCUT2D eigenvalue weighted by Gasteiger charge is 2.29. The van der Waals surface area contributed by atoms with Crippen LogP contribution in [0.25, 0.3) is 0 Å². The first-order valence-corrected chi connectivity index (χ1v) is 6.04. The Morgan fingerprint density at radius 3 is 2.69 bits per heavy atom. The normalized spacial score (nSPS) is 18.8. The molecule has 1 aliphatic carbocycles. The highest BCUT2D eigenvalue weighted by Crippen LogP contribution is 2.38. The lowest BCUT2D eigenvalue weighted by Crippen LogP contribution is -2.43. The topological polar surface area (TPSA) is 51.0 Å². The van der Waals surface area contributed by atoms with Crippen molar-refractivity contribution < 1.29 is 4.52 Å². The van der Waals surface area contributed by atoms with Gasteiger partial charge < -0.3 is 9.84 Å². The fourth-order valence-electron chi connectivity index (χ4n) is 1.91. The smallest absolute Gasteiger partial charge is 0.228 e. The molecule has 1 aromatic heterocycles. The number of hydrogen-bond acceptors (Lipinski definition) is 4. The lowest BCUT2D eigenvalue weighted by molar-refractivity contribution is 0.326. The summed E-state index contributed by atoms with van der Waals surface area (Å²) < 4.78 is 5.25. The maximum absolute atomic E-state index is 5.25. The largest absolute Gasteiger partial charge is 0.339 e. The Morgan fingerprint density at radius 2 is 2.12 bits per heavy atom. The summed E-state index contributed by atoms with van der Waals surface area (Å²) in [7, 11) is 0. The van der Waals surface area contributed by atoms with Gasteiger partial charge in [-0.15, -0.1) is 0 Å². The molecule has 0 unspecified atom stereocenters. The molecule has 1 saturated carbocycles. The molecule has 1 N–H and O–H groups in total. The average Bonchev–Trinajstić information content (AvgIpc) is 2.85. The van der Waals surface area contributed by atoms with Crippen molar-refractivity contribution in [2.75, 3.05) is 0 Å². The highest BCUT2D eigenvalue weighted by molar-refractivity contribution is 5.03. The molecule has 1 fully saturated rings. The van der Waals surface area contributed by atoms with Gasteiger partial charge in [-0.3, -0.25) is 0 Å². The van der Waals surface area contributed by atoms with E-state index in [0.29, 0.717) is 12.0 Å². The van der Waals surface area contributed by atoms with E-state index in [4.69, 9.17) is 4.52 Å². The van der Waals surface area contributed by atoms with E-state index in [-0.39, 0.29) is 5.54 Å². The van der Waals surface area contributed by atoms with Gasteiger partial charge in [0.15, 0.2) is 5.82 Å². The van der Waals surface area contributed by atoms with Crippen molar-refractivity contribution in [1.29, 1.82) is 0 Å². The SMILES string of the molecule is C[C@H](Cc1nc(C2CC2)no1)NC(C)(C)C. The van der Waals surface area contributed by atoms with Crippen molar-refractivity contribution in [3.8, 4) is 0 Å². The second kappa shape index (κ2) is 4.17. The molecule has 1 heterocycles. The minimum absolute atomic E-state index is 0.124. The van der Waals surface area contributed by atoms with Crippen molar-refractivity contribution in [2.45, 2.75) is 64.5 Å². The molecule has 90 valence electrons. The van der Waals surface area contributed by atoms with Crippen LogP contribution in [-0.2, 0) is 6.42 Å². The third kappa shape index (κ3) is 3.30. The first-order chi connectivity index (χ1) is 7.44. The van der Waals surface area contributed by atoms with E-state index in [1.165, 1.54) is 12.8 Å². The molecule has 1 aromatic rings. The molecule has 1 atom stereocenters. The van der Waals surface area contributed by atoms with Crippen molar-refractivity contribution >= 4 is 0 Å². The first kappa shape index (κ1) is 11.6. The second-order valence-corrected chi connectivity index (χ2v) is 5.82. The van der Waals surface area contributed by atoms with E-state index in [1.54, 1.807) is 0 Å². The number of nitrogens with one attached hydrogen (secondary N) is 1. The van der Waals surface area contributed by atoms with Crippen LogP contribution in [0.15, 0.2) is 4.52 Å². The quantitative estimate of drug-likeness (QED) is 0.850. The summed E-state index contributed by atoms with van der Waals surface area (Å²) in [6, 6.07) is 0.354. The fourth-order valence-corrected chi connectivity index (χ4v) is 1.91. The molecule has 16 heavy (non-hydrogen) atoms. The Labute approximate surface area is 96.8 Å². The molecular formula is C12H21N3O. The number of rotatable bonds is 4. The summed E-state index contributed by atoms with van der Waals surface area (Å²) in [4.78, 5) is 4.42. The predicted octanol–water partition coefficient (Wildman–Crippen LogP) is 2.27. The van der Waals surface area contributed by atoms with Gasteiger partial charge in [0.05, 0.1) is 0 Å². The molecule has 0 spiro atoms. The second-order valence-electron chi connectivity index (χ2n) is 5.82. The van der Waals surface area contributed by atoms with Gasteiger partial charge in [-0.05, 0) is 40.5 Å². The van der Waals surface area contributed by atoms with Crippen LogP contribution in [-0.4, -0.2) is 21.7 Å². The van der Waals surface area contributed by atoms with Crippen LogP contribution < -0.4 is 5.32 Å². The van der Waals surface area contributed by atoms with Gasteiger partial charge in [-0.1, -0.05) is 5.16 Å². The van der Waals surface area contributed by atoms with Gasteiger partial charge >= 0.3 is 0 Å². The Morgan fingerprint density at radius 1 is 1.44 bits per heavy atom. The third-order valence-corrected chi connectivity index (χ3v) is 2.59. The van der Waals surface area contributed by atoms with Crippen LogP contribution in [0, 0.1) is 0 Å². The Balaban J connectivity index is 1.87. The van der Waals surface area contributed by atoms with Crippen LogP contribution in [0.4, 0.5) is 0 Å². The van der Waals surface area contributed by atoms with Gasteiger partial charge in [0, 0.05) is 23.9 Å². The third-order valence-electron chi connectivity index (χ3n) is 2.59. The van der Waals surface area contributed by atoms with Crippen LogP contribution in [0.1, 0.15) is 58.2 Å². The average molecular weight is 223 g/mol. The zero-order valence-corrected chi connectivity index (χ0v) is 10.6. The van der Waals surface area contributed by atoms with Crippen LogP contribution in [0.5, 0.6) is 0 Å². The molecule has 1 aliphatic rings. The van der Waals surface area contributed by atoms with E-state index >= 15 is 0 Å². The van der Waals surface area contributed by atoms with Gasteiger partial charge in [0.2, 0.25) is 5.89 Å². The highest BCUT2D eigenvalue weighted by atomic mass is 16.5. The van der Waals surface area contributed by atoms with Gasteiger partial charge in [0.25, 0.3) is 0 Å². The molecule has 0 aromatic carbocycles. The van der Waals surface area contributed by atoms with E-state index in [1.807, 2.05) is 0 Å². The Kier molecular flexibility index (Phi) is 3.02. The van der Waals surface area contributed by atoms with E-state index in [0.717, 1.165) is 18.1 Å². The molecule has 2 rings (SSSR count).